The number of carbonyl (C=O) groups excluding carboxylic acids is 1. The highest BCUT2D eigenvalue weighted by atomic mass is 79.9. The lowest BCUT2D eigenvalue weighted by atomic mass is 10.2. The summed E-state index contributed by atoms with van der Waals surface area (Å²) in [5.74, 6) is 1.03. The quantitative estimate of drug-likeness (QED) is 0.903. The molecule has 1 atom stereocenters. The molecule has 0 bridgehead atoms. The van der Waals surface area contributed by atoms with Crippen molar-refractivity contribution < 1.29 is 14.3 Å². The number of fused-ring (bicyclic) bond motifs is 1. The van der Waals surface area contributed by atoms with Gasteiger partial charge < -0.3 is 14.8 Å². The third-order valence-electron chi connectivity index (χ3n) is 3.18. The fraction of sp³-hybridized carbons (Fsp3) is 0.188. The number of ether oxygens (including phenoxy) is 2. The minimum atomic E-state index is -0.660. The van der Waals surface area contributed by atoms with Crippen molar-refractivity contribution in [1.29, 1.82) is 0 Å². The van der Waals surface area contributed by atoms with Crippen LogP contribution in [0.15, 0.2) is 46.9 Å². The topological polar surface area (TPSA) is 47.6 Å². The highest BCUT2D eigenvalue weighted by Gasteiger charge is 2.27. The molecular weight excluding hydrogens is 334 g/mol. The fourth-order valence-corrected chi connectivity index (χ4v) is 2.44. The zero-order valence-electron chi connectivity index (χ0n) is 11.4. The van der Waals surface area contributed by atoms with Crippen LogP contribution in [-0.2, 0) is 4.79 Å². The molecule has 0 saturated carbocycles. The Morgan fingerprint density at radius 1 is 1.24 bits per heavy atom. The zero-order chi connectivity index (χ0) is 14.8. The molecule has 4 nitrogen and oxygen atoms in total. The van der Waals surface area contributed by atoms with Gasteiger partial charge in [-0.25, -0.2) is 0 Å². The predicted octanol–water partition coefficient (Wildman–Crippen LogP) is 3.54. The summed E-state index contributed by atoms with van der Waals surface area (Å²) in [4.78, 5) is 12.3. The molecule has 5 heteroatoms. The first-order valence-corrected chi connectivity index (χ1v) is 7.38. The number of anilines is 1. The molecule has 1 unspecified atom stereocenters. The van der Waals surface area contributed by atoms with E-state index < -0.39 is 6.10 Å². The van der Waals surface area contributed by atoms with E-state index in [0.29, 0.717) is 11.5 Å². The lowest BCUT2D eigenvalue weighted by Crippen LogP contribution is -2.40. The van der Waals surface area contributed by atoms with Gasteiger partial charge in [-0.15, -0.1) is 0 Å². The maximum absolute atomic E-state index is 12.3. The van der Waals surface area contributed by atoms with Crippen LogP contribution in [0.25, 0.3) is 0 Å². The number of carbonyl (C=O) groups is 1. The Labute approximate surface area is 131 Å². The van der Waals surface area contributed by atoms with Crippen LogP contribution in [0.3, 0.4) is 0 Å². The first-order chi connectivity index (χ1) is 10.1. The van der Waals surface area contributed by atoms with Crippen LogP contribution in [0.5, 0.6) is 11.5 Å². The van der Waals surface area contributed by atoms with Crippen LogP contribution >= 0.6 is 15.9 Å². The van der Waals surface area contributed by atoms with Gasteiger partial charge in [0.25, 0.3) is 5.91 Å². The number of hydrogen-bond acceptors (Lipinski definition) is 3. The molecule has 21 heavy (non-hydrogen) atoms. The average Bonchev–Trinajstić information content (AvgIpc) is 2.50. The van der Waals surface area contributed by atoms with Gasteiger partial charge in [-0.3, -0.25) is 4.79 Å². The normalized spacial score (nSPS) is 16.4. The summed E-state index contributed by atoms with van der Waals surface area (Å²) in [7, 11) is 0. The van der Waals surface area contributed by atoms with E-state index in [0.717, 1.165) is 15.7 Å². The fourth-order valence-electron chi connectivity index (χ4n) is 2.10. The molecule has 2 aromatic rings. The van der Waals surface area contributed by atoms with Gasteiger partial charge in [0, 0.05) is 4.47 Å². The molecule has 108 valence electrons. The third kappa shape index (κ3) is 3.03. The average molecular weight is 348 g/mol. The summed E-state index contributed by atoms with van der Waals surface area (Å²) in [5.41, 5.74) is 1.79. The molecular formula is C16H14BrNO3. The number of benzene rings is 2. The molecule has 0 aromatic heterocycles. The summed E-state index contributed by atoms with van der Waals surface area (Å²) >= 11 is 3.42. The SMILES string of the molecule is Cc1ccc(Br)c(NC(=O)C2COc3ccccc3O2)c1. The van der Waals surface area contributed by atoms with Gasteiger partial charge in [-0.1, -0.05) is 18.2 Å². The molecule has 3 rings (SSSR count). The van der Waals surface area contributed by atoms with Crippen molar-refractivity contribution in [2.24, 2.45) is 0 Å². The van der Waals surface area contributed by atoms with Gasteiger partial charge in [0.2, 0.25) is 6.10 Å². The van der Waals surface area contributed by atoms with Crippen LogP contribution in [-0.4, -0.2) is 18.6 Å². The van der Waals surface area contributed by atoms with Gasteiger partial charge in [0.05, 0.1) is 5.69 Å². The Hall–Kier alpha value is -2.01. The number of aryl methyl sites for hydroxylation is 1. The van der Waals surface area contributed by atoms with Gasteiger partial charge in [-0.2, -0.15) is 0 Å². The van der Waals surface area contributed by atoms with E-state index in [2.05, 4.69) is 21.2 Å². The summed E-state index contributed by atoms with van der Waals surface area (Å²) in [6.45, 7) is 2.17. The Morgan fingerprint density at radius 3 is 2.81 bits per heavy atom. The van der Waals surface area contributed by atoms with Crippen molar-refractivity contribution >= 4 is 27.5 Å². The third-order valence-corrected chi connectivity index (χ3v) is 3.87. The van der Waals surface area contributed by atoms with E-state index in [1.54, 1.807) is 6.07 Å². The van der Waals surface area contributed by atoms with Crippen molar-refractivity contribution in [3.63, 3.8) is 0 Å². The van der Waals surface area contributed by atoms with Crippen LogP contribution < -0.4 is 14.8 Å². The minimum Gasteiger partial charge on any atom is -0.485 e. The number of halogens is 1. The number of para-hydroxylation sites is 2. The van der Waals surface area contributed by atoms with E-state index in [4.69, 9.17) is 9.47 Å². The van der Waals surface area contributed by atoms with Crippen molar-refractivity contribution in [2.75, 3.05) is 11.9 Å². The Kier molecular flexibility index (Phi) is 3.84. The monoisotopic (exact) mass is 347 g/mol. The van der Waals surface area contributed by atoms with E-state index >= 15 is 0 Å². The van der Waals surface area contributed by atoms with Crippen molar-refractivity contribution in [3.8, 4) is 11.5 Å². The maximum atomic E-state index is 12.3. The second-order valence-corrected chi connectivity index (χ2v) is 5.69. The number of rotatable bonds is 2. The smallest absolute Gasteiger partial charge is 0.269 e. The summed E-state index contributed by atoms with van der Waals surface area (Å²) < 4.78 is 12.1. The number of nitrogens with one attached hydrogen (secondary N) is 1. The lowest BCUT2D eigenvalue weighted by molar-refractivity contribution is -0.125. The molecule has 1 amide bonds. The molecule has 0 radical (unpaired) electrons. The maximum Gasteiger partial charge on any atom is 0.269 e. The molecule has 1 aliphatic rings. The molecule has 1 N–H and O–H groups in total. The largest absolute Gasteiger partial charge is 0.485 e. The Bertz CT molecular complexity index is 687. The summed E-state index contributed by atoms with van der Waals surface area (Å²) in [5, 5.41) is 2.86. The van der Waals surface area contributed by atoms with Gasteiger partial charge in [0.1, 0.15) is 6.61 Å². The second-order valence-electron chi connectivity index (χ2n) is 4.84. The summed E-state index contributed by atoms with van der Waals surface area (Å²) in [6.07, 6.45) is -0.660. The number of amides is 1. The highest BCUT2D eigenvalue weighted by Crippen LogP contribution is 2.31. The van der Waals surface area contributed by atoms with Gasteiger partial charge in [-0.05, 0) is 52.7 Å². The lowest BCUT2D eigenvalue weighted by Gasteiger charge is -2.25. The van der Waals surface area contributed by atoms with Gasteiger partial charge in [0.15, 0.2) is 11.5 Å². The molecule has 0 saturated heterocycles. The number of hydrogen-bond donors (Lipinski definition) is 1. The first-order valence-electron chi connectivity index (χ1n) is 6.59. The molecule has 0 aliphatic carbocycles. The molecule has 0 spiro atoms. The van der Waals surface area contributed by atoms with E-state index in [-0.39, 0.29) is 12.5 Å². The molecule has 0 fully saturated rings. The summed E-state index contributed by atoms with van der Waals surface area (Å²) in [6, 6.07) is 13.1. The van der Waals surface area contributed by atoms with E-state index in [1.165, 1.54) is 0 Å². The highest BCUT2D eigenvalue weighted by molar-refractivity contribution is 9.10. The molecule has 1 aliphatic heterocycles. The van der Waals surface area contributed by atoms with Crippen LogP contribution in [0.2, 0.25) is 0 Å². The van der Waals surface area contributed by atoms with Crippen LogP contribution in [0.4, 0.5) is 5.69 Å². The Morgan fingerprint density at radius 2 is 2.00 bits per heavy atom. The van der Waals surface area contributed by atoms with Crippen molar-refractivity contribution in [3.05, 3.63) is 52.5 Å². The van der Waals surface area contributed by atoms with Crippen LogP contribution in [0, 0.1) is 6.92 Å². The molecule has 1 heterocycles. The van der Waals surface area contributed by atoms with Crippen LogP contribution in [0.1, 0.15) is 5.56 Å². The Balaban J connectivity index is 1.74. The van der Waals surface area contributed by atoms with Crippen molar-refractivity contribution in [1.82, 2.24) is 0 Å². The van der Waals surface area contributed by atoms with E-state index in [1.807, 2.05) is 43.3 Å². The van der Waals surface area contributed by atoms with Crippen molar-refractivity contribution in [2.45, 2.75) is 13.0 Å². The van der Waals surface area contributed by atoms with E-state index in [9.17, 15) is 4.79 Å². The van der Waals surface area contributed by atoms with Gasteiger partial charge >= 0.3 is 0 Å². The standard InChI is InChI=1S/C16H14BrNO3/c1-10-6-7-11(17)12(8-10)18-16(19)15-9-20-13-4-2-3-5-14(13)21-15/h2-8,15H,9H2,1H3,(H,18,19). The predicted molar refractivity (Wildman–Crippen MR) is 83.9 cm³/mol. The second kappa shape index (κ2) is 5.77. The zero-order valence-corrected chi connectivity index (χ0v) is 13.0. The first kappa shape index (κ1) is 13.9. The minimum absolute atomic E-state index is 0.201. The molecule has 2 aromatic carbocycles.